The quantitative estimate of drug-likeness (QED) is 0.917. The molecule has 0 saturated heterocycles. The average Bonchev–Trinajstić information content (AvgIpc) is 2.18. The summed E-state index contributed by atoms with van der Waals surface area (Å²) in [7, 11) is 3.76. The largest absolute Gasteiger partial charge is 0.351 e. The first-order valence-corrected chi connectivity index (χ1v) is 5.95. The molecule has 4 heteroatoms. The Kier molecular flexibility index (Phi) is 4.96. The van der Waals surface area contributed by atoms with E-state index in [4.69, 9.17) is 0 Å². The predicted octanol–water partition coefficient (Wildman–Crippen LogP) is 1.94. The first-order chi connectivity index (χ1) is 7.49. The van der Waals surface area contributed by atoms with Gasteiger partial charge in [0.1, 0.15) is 0 Å². The number of nitrogens with zero attached hydrogens (tertiary/aromatic N) is 1. The molecule has 0 bridgehead atoms. The predicted molar refractivity (Wildman–Crippen MR) is 69.3 cm³/mol. The van der Waals surface area contributed by atoms with E-state index in [2.05, 4.69) is 21.2 Å². The number of carbonyl (C=O) groups excluding carboxylic acids is 1. The summed E-state index contributed by atoms with van der Waals surface area (Å²) >= 11 is 3.42. The van der Waals surface area contributed by atoms with Gasteiger partial charge < -0.3 is 10.2 Å². The maximum absolute atomic E-state index is 11.5. The van der Waals surface area contributed by atoms with Crippen LogP contribution in [-0.4, -0.2) is 31.4 Å². The van der Waals surface area contributed by atoms with Gasteiger partial charge in [0.2, 0.25) is 5.91 Å². The lowest BCUT2D eigenvalue weighted by Gasteiger charge is -2.11. The third kappa shape index (κ3) is 4.33. The van der Waals surface area contributed by atoms with Crippen LogP contribution in [0.25, 0.3) is 0 Å². The van der Waals surface area contributed by atoms with Crippen LogP contribution in [0.4, 0.5) is 0 Å². The van der Waals surface area contributed by atoms with Gasteiger partial charge in [-0.3, -0.25) is 4.79 Å². The van der Waals surface area contributed by atoms with E-state index >= 15 is 0 Å². The van der Waals surface area contributed by atoms with Crippen molar-refractivity contribution in [1.29, 1.82) is 0 Å². The van der Waals surface area contributed by atoms with Crippen LogP contribution < -0.4 is 5.32 Å². The Hall–Kier alpha value is -0.870. The minimum atomic E-state index is 0.0457. The smallest absolute Gasteiger partial charge is 0.234 e. The highest BCUT2D eigenvalue weighted by molar-refractivity contribution is 9.10. The number of likely N-dealkylation sites (N-methyl/N-ethyl adjacent to an activating group) is 1. The topological polar surface area (TPSA) is 32.3 Å². The molecule has 1 N–H and O–H groups in total. The summed E-state index contributed by atoms with van der Waals surface area (Å²) < 4.78 is 1.04. The molecule has 0 heterocycles. The van der Waals surface area contributed by atoms with E-state index in [1.54, 1.807) is 0 Å². The number of hydrogen-bond acceptors (Lipinski definition) is 2. The Labute approximate surface area is 105 Å². The van der Waals surface area contributed by atoms with Crippen molar-refractivity contribution >= 4 is 21.8 Å². The van der Waals surface area contributed by atoms with Crippen LogP contribution in [0.1, 0.15) is 11.1 Å². The van der Waals surface area contributed by atoms with Gasteiger partial charge in [0, 0.05) is 11.0 Å². The van der Waals surface area contributed by atoms with Crippen molar-refractivity contribution in [1.82, 2.24) is 10.2 Å². The Bertz CT molecular complexity index is 377. The summed E-state index contributed by atoms with van der Waals surface area (Å²) in [6, 6.07) is 6.07. The highest BCUT2D eigenvalue weighted by Crippen LogP contribution is 2.15. The third-order valence-corrected chi connectivity index (χ3v) is 2.74. The minimum absolute atomic E-state index is 0.0457. The van der Waals surface area contributed by atoms with E-state index in [0.29, 0.717) is 13.1 Å². The Morgan fingerprint density at radius 1 is 1.44 bits per heavy atom. The lowest BCUT2D eigenvalue weighted by Crippen LogP contribution is -2.32. The van der Waals surface area contributed by atoms with Crippen molar-refractivity contribution in [3.8, 4) is 0 Å². The summed E-state index contributed by atoms with van der Waals surface area (Å²) in [5, 5.41) is 2.90. The van der Waals surface area contributed by atoms with Crippen LogP contribution >= 0.6 is 15.9 Å². The van der Waals surface area contributed by atoms with Gasteiger partial charge >= 0.3 is 0 Å². The van der Waals surface area contributed by atoms with Gasteiger partial charge in [0.25, 0.3) is 0 Å². The van der Waals surface area contributed by atoms with Gasteiger partial charge in [-0.15, -0.1) is 0 Å². The molecule has 16 heavy (non-hydrogen) atoms. The molecule has 0 aromatic heterocycles. The standard InChI is InChI=1S/C12H17BrN2O/c1-9-4-5-11(13)6-10(9)7-14-12(16)8-15(2)3/h4-6H,7-8H2,1-3H3,(H,14,16). The van der Waals surface area contributed by atoms with Gasteiger partial charge in [-0.2, -0.15) is 0 Å². The molecule has 0 spiro atoms. The molecule has 0 unspecified atom stereocenters. The number of nitrogens with one attached hydrogen (secondary N) is 1. The summed E-state index contributed by atoms with van der Waals surface area (Å²) in [6.07, 6.45) is 0. The molecule has 1 amide bonds. The molecule has 88 valence electrons. The maximum Gasteiger partial charge on any atom is 0.234 e. The van der Waals surface area contributed by atoms with Crippen molar-refractivity contribution in [2.75, 3.05) is 20.6 Å². The van der Waals surface area contributed by atoms with Gasteiger partial charge in [-0.25, -0.2) is 0 Å². The molecular formula is C12H17BrN2O. The van der Waals surface area contributed by atoms with Crippen molar-refractivity contribution in [2.45, 2.75) is 13.5 Å². The molecule has 0 fully saturated rings. The number of hydrogen-bond donors (Lipinski definition) is 1. The zero-order valence-electron chi connectivity index (χ0n) is 9.88. The molecule has 0 saturated carbocycles. The Morgan fingerprint density at radius 3 is 2.75 bits per heavy atom. The average molecular weight is 285 g/mol. The van der Waals surface area contributed by atoms with E-state index in [0.717, 1.165) is 10.0 Å². The normalized spacial score (nSPS) is 10.6. The molecular weight excluding hydrogens is 268 g/mol. The number of aryl methyl sites for hydroxylation is 1. The van der Waals surface area contributed by atoms with Crippen molar-refractivity contribution in [3.05, 3.63) is 33.8 Å². The molecule has 3 nitrogen and oxygen atoms in total. The van der Waals surface area contributed by atoms with Crippen molar-refractivity contribution in [3.63, 3.8) is 0 Å². The second-order valence-corrected chi connectivity index (χ2v) is 5.00. The molecule has 1 aromatic carbocycles. The van der Waals surface area contributed by atoms with Crippen LogP contribution in [0.2, 0.25) is 0 Å². The number of benzene rings is 1. The zero-order valence-corrected chi connectivity index (χ0v) is 11.5. The summed E-state index contributed by atoms with van der Waals surface area (Å²) in [6.45, 7) is 3.05. The molecule has 0 aliphatic heterocycles. The second-order valence-electron chi connectivity index (χ2n) is 4.09. The van der Waals surface area contributed by atoms with Crippen LogP contribution in [0.3, 0.4) is 0 Å². The van der Waals surface area contributed by atoms with Gasteiger partial charge in [-0.05, 0) is 44.3 Å². The molecule has 0 radical (unpaired) electrons. The highest BCUT2D eigenvalue weighted by atomic mass is 79.9. The SMILES string of the molecule is Cc1ccc(Br)cc1CNC(=O)CN(C)C. The lowest BCUT2D eigenvalue weighted by atomic mass is 10.1. The number of rotatable bonds is 4. The minimum Gasteiger partial charge on any atom is -0.351 e. The summed E-state index contributed by atoms with van der Waals surface area (Å²) in [4.78, 5) is 13.3. The monoisotopic (exact) mass is 284 g/mol. The van der Waals surface area contributed by atoms with E-state index in [1.807, 2.05) is 44.1 Å². The highest BCUT2D eigenvalue weighted by Gasteiger charge is 2.04. The van der Waals surface area contributed by atoms with Gasteiger partial charge in [0.15, 0.2) is 0 Å². The van der Waals surface area contributed by atoms with Crippen molar-refractivity contribution < 1.29 is 4.79 Å². The third-order valence-electron chi connectivity index (χ3n) is 2.25. The van der Waals surface area contributed by atoms with Crippen LogP contribution in [0.5, 0.6) is 0 Å². The van der Waals surface area contributed by atoms with Gasteiger partial charge in [0.05, 0.1) is 6.54 Å². The fourth-order valence-electron chi connectivity index (χ4n) is 1.37. The van der Waals surface area contributed by atoms with Crippen LogP contribution in [0, 0.1) is 6.92 Å². The summed E-state index contributed by atoms with van der Waals surface area (Å²) in [5.41, 5.74) is 2.33. The van der Waals surface area contributed by atoms with E-state index < -0.39 is 0 Å². The van der Waals surface area contributed by atoms with Crippen LogP contribution in [0.15, 0.2) is 22.7 Å². The zero-order chi connectivity index (χ0) is 12.1. The fourth-order valence-corrected chi connectivity index (χ4v) is 1.78. The molecule has 0 atom stereocenters. The Balaban J connectivity index is 2.54. The molecule has 0 aliphatic carbocycles. The maximum atomic E-state index is 11.5. The second kappa shape index (κ2) is 6.01. The molecule has 1 aromatic rings. The first-order valence-electron chi connectivity index (χ1n) is 5.15. The fraction of sp³-hybridized carbons (Fsp3) is 0.417. The van der Waals surface area contributed by atoms with E-state index in [1.165, 1.54) is 5.56 Å². The van der Waals surface area contributed by atoms with E-state index in [-0.39, 0.29) is 5.91 Å². The van der Waals surface area contributed by atoms with Crippen molar-refractivity contribution in [2.24, 2.45) is 0 Å². The summed E-state index contributed by atoms with van der Waals surface area (Å²) in [5.74, 6) is 0.0457. The van der Waals surface area contributed by atoms with Crippen LogP contribution in [-0.2, 0) is 11.3 Å². The van der Waals surface area contributed by atoms with E-state index in [9.17, 15) is 4.79 Å². The number of amides is 1. The molecule has 1 rings (SSSR count). The lowest BCUT2D eigenvalue weighted by molar-refractivity contribution is -0.121. The first kappa shape index (κ1) is 13.2. The number of halogens is 1. The Morgan fingerprint density at radius 2 is 2.12 bits per heavy atom. The molecule has 0 aliphatic rings. The number of carbonyl (C=O) groups is 1. The van der Waals surface area contributed by atoms with Gasteiger partial charge in [-0.1, -0.05) is 22.0 Å².